The lowest BCUT2D eigenvalue weighted by Gasteiger charge is -2.25. The number of carbonyl (C=O) groups excluding carboxylic acids is 1. The fraction of sp³-hybridized carbons (Fsp3) is 0.933. The molecule has 1 amide bonds. The molecule has 0 spiro atoms. The first-order valence-corrected chi connectivity index (χ1v) is 9.55. The molecule has 1 N–H and O–H groups in total. The maximum atomic E-state index is 12.5. The van der Waals surface area contributed by atoms with Crippen LogP contribution in [0.3, 0.4) is 0 Å². The van der Waals surface area contributed by atoms with E-state index < -0.39 is 10.8 Å². The quantitative estimate of drug-likeness (QED) is 0.710. The highest BCUT2D eigenvalue weighted by atomic mass is 32.2. The standard InChI is InChI=1S/C15H30N2O2S/c1-5-6-8-13-15(18)17(9-7-10-20(4)19)14(16-13)11-12(2)3/h12-14,16H,5-11H2,1-4H3. The summed E-state index contributed by atoms with van der Waals surface area (Å²) in [5, 5.41) is 3.50. The van der Waals surface area contributed by atoms with Crippen molar-refractivity contribution in [3.05, 3.63) is 0 Å². The largest absolute Gasteiger partial charge is 0.326 e. The molecule has 3 atom stereocenters. The second-order valence-electron chi connectivity index (χ2n) is 6.17. The first-order chi connectivity index (χ1) is 9.45. The van der Waals surface area contributed by atoms with E-state index in [4.69, 9.17) is 0 Å². The Bertz CT molecular complexity index is 334. The number of hydrogen-bond acceptors (Lipinski definition) is 3. The van der Waals surface area contributed by atoms with Gasteiger partial charge in [0.2, 0.25) is 5.91 Å². The van der Waals surface area contributed by atoms with Crippen LogP contribution in [0.4, 0.5) is 0 Å². The molecule has 0 saturated carbocycles. The zero-order valence-electron chi connectivity index (χ0n) is 13.4. The Labute approximate surface area is 126 Å². The Morgan fingerprint density at radius 2 is 2.05 bits per heavy atom. The van der Waals surface area contributed by atoms with Gasteiger partial charge in [0.25, 0.3) is 0 Å². The SMILES string of the molecule is CCCCC1NC(CC(C)C)N(CCCS(C)=O)C1=O. The van der Waals surface area contributed by atoms with Crippen LogP contribution < -0.4 is 5.32 Å². The lowest BCUT2D eigenvalue weighted by molar-refractivity contribution is -0.130. The van der Waals surface area contributed by atoms with Crippen LogP contribution in [-0.4, -0.2) is 45.8 Å². The molecule has 0 aromatic carbocycles. The van der Waals surface area contributed by atoms with Gasteiger partial charge in [0.1, 0.15) is 0 Å². The van der Waals surface area contributed by atoms with Crippen LogP contribution in [-0.2, 0) is 15.6 Å². The van der Waals surface area contributed by atoms with Gasteiger partial charge in [0.05, 0.1) is 12.2 Å². The Hall–Kier alpha value is -0.420. The van der Waals surface area contributed by atoms with Crippen molar-refractivity contribution in [2.45, 2.75) is 65.1 Å². The average Bonchev–Trinajstić information content (AvgIpc) is 2.63. The lowest BCUT2D eigenvalue weighted by atomic mass is 10.1. The average molecular weight is 302 g/mol. The fourth-order valence-electron chi connectivity index (χ4n) is 2.71. The smallest absolute Gasteiger partial charge is 0.241 e. The van der Waals surface area contributed by atoms with Crippen LogP contribution in [0.15, 0.2) is 0 Å². The highest BCUT2D eigenvalue weighted by Crippen LogP contribution is 2.20. The minimum Gasteiger partial charge on any atom is -0.326 e. The third-order valence-corrected chi connectivity index (χ3v) is 4.59. The predicted molar refractivity (Wildman–Crippen MR) is 85.0 cm³/mol. The Morgan fingerprint density at radius 1 is 1.35 bits per heavy atom. The number of amides is 1. The van der Waals surface area contributed by atoms with Crippen molar-refractivity contribution in [2.24, 2.45) is 5.92 Å². The summed E-state index contributed by atoms with van der Waals surface area (Å²) < 4.78 is 11.2. The molecule has 4 nitrogen and oxygen atoms in total. The molecule has 0 aliphatic carbocycles. The first-order valence-electron chi connectivity index (χ1n) is 7.82. The highest BCUT2D eigenvalue weighted by molar-refractivity contribution is 7.84. The van der Waals surface area contributed by atoms with Crippen LogP contribution in [0, 0.1) is 5.92 Å². The molecule has 1 saturated heterocycles. The van der Waals surface area contributed by atoms with Crippen molar-refractivity contribution < 1.29 is 9.00 Å². The second-order valence-corrected chi connectivity index (χ2v) is 7.72. The topological polar surface area (TPSA) is 49.4 Å². The van der Waals surface area contributed by atoms with Crippen molar-refractivity contribution >= 4 is 16.7 Å². The summed E-state index contributed by atoms with van der Waals surface area (Å²) in [6.45, 7) is 7.25. The number of hydrogen-bond donors (Lipinski definition) is 1. The summed E-state index contributed by atoms with van der Waals surface area (Å²) >= 11 is 0. The molecule has 3 unspecified atom stereocenters. The van der Waals surface area contributed by atoms with Crippen molar-refractivity contribution in [2.75, 3.05) is 18.6 Å². The third kappa shape index (κ3) is 5.52. The molecule has 1 fully saturated rings. The van der Waals surface area contributed by atoms with E-state index in [1.807, 2.05) is 4.90 Å². The summed E-state index contributed by atoms with van der Waals surface area (Å²) in [6.07, 6.45) is 6.84. The second kappa shape index (κ2) is 8.78. The van der Waals surface area contributed by atoms with Gasteiger partial charge in [-0.3, -0.25) is 14.3 Å². The van der Waals surface area contributed by atoms with Crippen LogP contribution in [0.5, 0.6) is 0 Å². The van der Waals surface area contributed by atoms with E-state index in [2.05, 4.69) is 26.1 Å². The van der Waals surface area contributed by atoms with Gasteiger partial charge in [-0.15, -0.1) is 0 Å². The molecule has 0 radical (unpaired) electrons. The van der Waals surface area contributed by atoms with E-state index in [-0.39, 0.29) is 18.1 Å². The molecule has 1 rings (SSSR count). The van der Waals surface area contributed by atoms with E-state index >= 15 is 0 Å². The molecular formula is C15H30N2O2S. The van der Waals surface area contributed by atoms with Gasteiger partial charge in [-0.1, -0.05) is 33.6 Å². The number of nitrogens with one attached hydrogen (secondary N) is 1. The Morgan fingerprint density at radius 3 is 2.60 bits per heavy atom. The molecule has 0 aromatic heterocycles. The molecule has 5 heteroatoms. The Balaban J connectivity index is 2.59. The van der Waals surface area contributed by atoms with Crippen LogP contribution in [0.2, 0.25) is 0 Å². The normalized spacial score (nSPS) is 24.6. The van der Waals surface area contributed by atoms with E-state index in [1.54, 1.807) is 6.26 Å². The number of nitrogens with zero attached hydrogens (tertiary/aromatic N) is 1. The molecule has 1 aliphatic heterocycles. The molecule has 1 heterocycles. The van der Waals surface area contributed by atoms with E-state index in [0.29, 0.717) is 11.7 Å². The predicted octanol–water partition coefficient (Wildman–Crippen LogP) is 2.12. The number of rotatable bonds is 9. The van der Waals surface area contributed by atoms with Gasteiger partial charge >= 0.3 is 0 Å². The first kappa shape index (κ1) is 17.6. The molecule has 0 aromatic rings. The van der Waals surface area contributed by atoms with E-state index in [1.165, 1.54) is 0 Å². The maximum Gasteiger partial charge on any atom is 0.241 e. The van der Waals surface area contributed by atoms with Gasteiger partial charge in [-0.25, -0.2) is 0 Å². The third-order valence-electron chi connectivity index (χ3n) is 3.72. The minimum absolute atomic E-state index is 0.00850. The Kier molecular flexibility index (Phi) is 7.74. The molecule has 20 heavy (non-hydrogen) atoms. The fourth-order valence-corrected chi connectivity index (χ4v) is 3.24. The summed E-state index contributed by atoms with van der Waals surface area (Å²) in [5.74, 6) is 1.48. The van der Waals surface area contributed by atoms with Crippen LogP contribution in [0.25, 0.3) is 0 Å². The molecule has 0 bridgehead atoms. The van der Waals surface area contributed by atoms with Gasteiger partial charge in [0.15, 0.2) is 0 Å². The lowest BCUT2D eigenvalue weighted by Crippen LogP contribution is -2.39. The minimum atomic E-state index is -0.771. The molecule has 1 aliphatic rings. The van der Waals surface area contributed by atoms with E-state index in [0.717, 1.165) is 38.6 Å². The van der Waals surface area contributed by atoms with Gasteiger partial charge in [0, 0.05) is 29.4 Å². The molecular weight excluding hydrogens is 272 g/mol. The van der Waals surface area contributed by atoms with Gasteiger partial charge in [-0.2, -0.15) is 0 Å². The summed E-state index contributed by atoms with van der Waals surface area (Å²) in [5.41, 5.74) is 0. The molecule has 118 valence electrons. The van der Waals surface area contributed by atoms with Crippen LogP contribution >= 0.6 is 0 Å². The van der Waals surface area contributed by atoms with E-state index in [9.17, 15) is 9.00 Å². The summed E-state index contributed by atoms with van der Waals surface area (Å²) in [4.78, 5) is 14.4. The van der Waals surface area contributed by atoms with Crippen molar-refractivity contribution in [1.29, 1.82) is 0 Å². The zero-order chi connectivity index (χ0) is 15.1. The summed E-state index contributed by atoms with van der Waals surface area (Å²) in [6, 6.07) is -0.00850. The van der Waals surface area contributed by atoms with Crippen LogP contribution in [0.1, 0.15) is 52.9 Å². The van der Waals surface area contributed by atoms with Gasteiger partial charge in [-0.05, 0) is 25.2 Å². The highest BCUT2D eigenvalue weighted by Gasteiger charge is 2.37. The monoisotopic (exact) mass is 302 g/mol. The maximum absolute atomic E-state index is 12.5. The number of carbonyl (C=O) groups is 1. The summed E-state index contributed by atoms with van der Waals surface area (Å²) in [7, 11) is -0.771. The zero-order valence-corrected chi connectivity index (χ0v) is 14.2. The van der Waals surface area contributed by atoms with Crippen molar-refractivity contribution in [3.63, 3.8) is 0 Å². The number of unbranched alkanes of at least 4 members (excludes halogenated alkanes) is 1. The van der Waals surface area contributed by atoms with Crippen molar-refractivity contribution in [1.82, 2.24) is 10.2 Å². The van der Waals surface area contributed by atoms with Crippen molar-refractivity contribution in [3.8, 4) is 0 Å². The van der Waals surface area contributed by atoms with Gasteiger partial charge < -0.3 is 4.90 Å².